The second-order valence-corrected chi connectivity index (χ2v) is 4.91. The van der Waals surface area contributed by atoms with E-state index in [4.69, 9.17) is 0 Å². The lowest BCUT2D eigenvalue weighted by molar-refractivity contribution is 0.104. The summed E-state index contributed by atoms with van der Waals surface area (Å²) in [5.74, 6) is -0.134. The van der Waals surface area contributed by atoms with Crippen LogP contribution in [0.4, 0.5) is 0 Å². The topological polar surface area (TPSA) is 49.7 Å². The Balaban J connectivity index is 1.70. The number of allylic oxidation sites excluding steroid dienone is 1. The highest BCUT2D eigenvalue weighted by atomic mass is 16.3. The van der Waals surface area contributed by atoms with E-state index in [0.717, 1.165) is 6.42 Å². The third kappa shape index (κ3) is 2.63. The average Bonchev–Trinajstić information content (AvgIpc) is 2.77. The third-order valence-electron chi connectivity index (χ3n) is 3.52. The fourth-order valence-electron chi connectivity index (χ4n) is 2.40. The Hall–Kier alpha value is -2.68. The van der Waals surface area contributed by atoms with Gasteiger partial charge in [-0.2, -0.15) is 0 Å². The summed E-state index contributed by atoms with van der Waals surface area (Å²) in [5.41, 5.74) is 2.62. The van der Waals surface area contributed by atoms with E-state index >= 15 is 0 Å². The Morgan fingerprint density at radius 3 is 2.33 bits per heavy atom. The van der Waals surface area contributed by atoms with Crippen molar-refractivity contribution in [3.05, 3.63) is 76.9 Å². The Bertz CT molecular complexity index is 730. The Labute approximate surface area is 123 Å². The van der Waals surface area contributed by atoms with Gasteiger partial charge in [0.15, 0.2) is 5.78 Å². The van der Waals surface area contributed by atoms with E-state index in [1.165, 1.54) is 11.8 Å². The minimum Gasteiger partial charge on any atom is -0.506 e. The van der Waals surface area contributed by atoms with Crippen LogP contribution in [0.1, 0.15) is 21.5 Å². The number of benzene rings is 2. The van der Waals surface area contributed by atoms with Gasteiger partial charge in [-0.3, -0.25) is 9.79 Å². The molecule has 0 atom stereocenters. The molecule has 1 aliphatic rings. The minimum absolute atomic E-state index is 0.0269. The molecule has 0 amide bonds. The summed E-state index contributed by atoms with van der Waals surface area (Å²) in [4.78, 5) is 16.4. The molecule has 0 unspecified atom stereocenters. The van der Waals surface area contributed by atoms with Crippen LogP contribution in [0.3, 0.4) is 0 Å². The van der Waals surface area contributed by atoms with Gasteiger partial charge in [-0.15, -0.1) is 0 Å². The third-order valence-corrected chi connectivity index (χ3v) is 3.52. The molecule has 21 heavy (non-hydrogen) atoms. The predicted octanol–water partition coefficient (Wildman–Crippen LogP) is 3.47. The van der Waals surface area contributed by atoms with E-state index in [1.54, 1.807) is 24.3 Å². The molecule has 1 N–H and O–H groups in total. The highest BCUT2D eigenvalue weighted by Crippen LogP contribution is 2.29. The first-order valence-corrected chi connectivity index (χ1v) is 6.88. The van der Waals surface area contributed by atoms with Gasteiger partial charge in [0.1, 0.15) is 5.76 Å². The molecule has 0 aromatic heterocycles. The molecule has 3 nitrogen and oxygen atoms in total. The molecule has 0 aliphatic heterocycles. The smallest absolute Gasteiger partial charge is 0.199 e. The molecular formula is C18H15NO2. The van der Waals surface area contributed by atoms with Gasteiger partial charge in [-0.1, -0.05) is 54.6 Å². The van der Waals surface area contributed by atoms with Crippen molar-refractivity contribution in [3.63, 3.8) is 0 Å². The molecule has 0 bridgehead atoms. The Kier molecular flexibility index (Phi) is 3.65. The zero-order valence-electron chi connectivity index (χ0n) is 11.5. The Morgan fingerprint density at radius 1 is 0.952 bits per heavy atom. The first-order valence-electron chi connectivity index (χ1n) is 6.88. The van der Waals surface area contributed by atoms with Crippen LogP contribution in [0.5, 0.6) is 0 Å². The lowest BCUT2D eigenvalue weighted by atomic mass is 10.1. The van der Waals surface area contributed by atoms with Crippen molar-refractivity contribution in [1.29, 1.82) is 0 Å². The minimum atomic E-state index is -0.161. The predicted molar refractivity (Wildman–Crippen MR) is 83.8 cm³/mol. The van der Waals surface area contributed by atoms with E-state index in [2.05, 4.69) is 4.99 Å². The van der Waals surface area contributed by atoms with Gasteiger partial charge in [0, 0.05) is 23.9 Å². The summed E-state index contributed by atoms with van der Waals surface area (Å²) in [6.45, 7) is 0.588. The number of fused-ring (bicyclic) bond motifs is 1. The molecule has 0 heterocycles. The number of aliphatic imine (C=N–C) groups is 1. The zero-order valence-corrected chi connectivity index (χ0v) is 11.5. The van der Waals surface area contributed by atoms with Crippen molar-refractivity contribution in [2.75, 3.05) is 6.54 Å². The van der Waals surface area contributed by atoms with E-state index in [-0.39, 0.29) is 17.1 Å². The molecule has 0 spiro atoms. The lowest BCUT2D eigenvalue weighted by Crippen LogP contribution is -2.00. The summed E-state index contributed by atoms with van der Waals surface area (Å²) >= 11 is 0. The summed E-state index contributed by atoms with van der Waals surface area (Å²) in [6.07, 6.45) is 2.30. The molecule has 0 fully saturated rings. The summed E-state index contributed by atoms with van der Waals surface area (Å²) in [5, 5.41) is 10.1. The van der Waals surface area contributed by atoms with Crippen LogP contribution in [0.25, 0.3) is 5.76 Å². The molecule has 2 aromatic rings. The van der Waals surface area contributed by atoms with E-state index < -0.39 is 0 Å². The van der Waals surface area contributed by atoms with Crippen LogP contribution in [-0.4, -0.2) is 23.6 Å². The highest BCUT2D eigenvalue weighted by molar-refractivity contribution is 6.30. The summed E-state index contributed by atoms with van der Waals surface area (Å²) in [7, 11) is 0. The van der Waals surface area contributed by atoms with Crippen LogP contribution in [0.15, 0.2) is 65.2 Å². The van der Waals surface area contributed by atoms with Crippen LogP contribution >= 0.6 is 0 Å². The van der Waals surface area contributed by atoms with E-state index in [9.17, 15) is 9.90 Å². The standard InChI is InChI=1S/C18H15NO2/c20-17-14-8-4-5-9-15(14)18(21)16(17)12-19-11-10-13-6-2-1-3-7-13/h1-9,12,20H,10-11H2. The quantitative estimate of drug-likeness (QED) is 0.870. The molecular weight excluding hydrogens is 262 g/mol. The fraction of sp³-hybridized carbons (Fsp3) is 0.111. The number of nitrogens with zero attached hydrogens (tertiary/aromatic N) is 1. The number of carbonyl (C=O) groups is 1. The van der Waals surface area contributed by atoms with Crippen molar-refractivity contribution >= 4 is 17.8 Å². The molecule has 0 saturated carbocycles. The monoisotopic (exact) mass is 277 g/mol. The van der Waals surface area contributed by atoms with Crippen LogP contribution in [0, 0.1) is 0 Å². The molecule has 104 valence electrons. The summed E-state index contributed by atoms with van der Waals surface area (Å²) < 4.78 is 0. The second kappa shape index (κ2) is 5.75. The fourth-order valence-corrected chi connectivity index (χ4v) is 2.40. The highest BCUT2D eigenvalue weighted by Gasteiger charge is 2.27. The van der Waals surface area contributed by atoms with Gasteiger partial charge in [0.05, 0.1) is 5.57 Å². The number of ketones is 1. The number of hydrogen-bond acceptors (Lipinski definition) is 3. The maximum absolute atomic E-state index is 12.2. The first-order chi connectivity index (χ1) is 10.3. The SMILES string of the molecule is O=C1C(C=NCCc2ccccc2)=C(O)c2ccccc21. The van der Waals surface area contributed by atoms with Gasteiger partial charge < -0.3 is 5.11 Å². The maximum Gasteiger partial charge on any atom is 0.199 e. The van der Waals surface area contributed by atoms with E-state index in [0.29, 0.717) is 17.7 Å². The number of aliphatic hydroxyl groups is 1. The van der Waals surface area contributed by atoms with Crippen molar-refractivity contribution in [3.8, 4) is 0 Å². The zero-order chi connectivity index (χ0) is 14.7. The van der Waals surface area contributed by atoms with Crippen molar-refractivity contribution < 1.29 is 9.90 Å². The van der Waals surface area contributed by atoms with Gasteiger partial charge >= 0.3 is 0 Å². The van der Waals surface area contributed by atoms with Gasteiger partial charge in [-0.25, -0.2) is 0 Å². The molecule has 2 aromatic carbocycles. The summed E-state index contributed by atoms with van der Waals surface area (Å²) in [6, 6.07) is 17.1. The first kappa shape index (κ1) is 13.3. The van der Waals surface area contributed by atoms with Crippen LogP contribution in [0.2, 0.25) is 0 Å². The van der Waals surface area contributed by atoms with Crippen LogP contribution in [-0.2, 0) is 6.42 Å². The normalized spacial score (nSPS) is 14.0. The van der Waals surface area contributed by atoms with Crippen LogP contribution < -0.4 is 0 Å². The number of hydrogen-bond donors (Lipinski definition) is 1. The second-order valence-electron chi connectivity index (χ2n) is 4.91. The molecule has 0 saturated heterocycles. The van der Waals surface area contributed by atoms with Gasteiger partial charge in [-0.05, 0) is 12.0 Å². The molecule has 3 rings (SSSR count). The number of carbonyl (C=O) groups excluding carboxylic acids is 1. The average molecular weight is 277 g/mol. The van der Waals surface area contributed by atoms with Gasteiger partial charge in [0.2, 0.25) is 0 Å². The largest absolute Gasteiger partial charge is 0.506 e. The van der Waals surface area contributed by atoms with Crippen molar-refractivity contribution in [1.82, 2.24) is 0 Å². The number of rotatable bonds is 4. The number of aliphatic hydroxyl groups excluding tert-OH is 1. The lowest BCUT2D eigenvalue weighted by Gasteiger charge is -1.97. The molecule has 0 radical (unpaired) electrons. The number of Topliss-reactive ketones (excluding diaryl/α,β-unsaturated/α-hetero) is 1. The maximum atomic E-state index is 12.2. The molecule has 1 aliphatic carbocycles. The Morgan fingerprint density at radius 2 is 1.62 bits per heavy atom. The molecule has 3 heteroatoms. The van der Waals surface area contributed by atoms with E-state index in [1.807, 2.05) is 30.3 Å². The van der Waals surface area contributed by atoms with Gasteiger partial charge in [0.25, 0.3) is 0 Å². The van der Waals surface area contributed by atoms with Crippen molar-refractivity contribution in [2.45, 2.75) is 6.42 Å². The van der Waals surface area contributed by atoms with Crippen molar-refractivity contribution in [2.24, 2.45) is 4.99 Å².